The molecule has 0 unspecified atom stereocenters. The van der Waals surface area contributed by atoms with Crippen LogP contribution in [0.15, 0.2) is 43.1 Å². The van der Waals surface area contributed by atoms with Gasteiger partial charge in [-0.05, 0) is 18.2 Å². The molecule has 0 spiro atoms. The molecule has 1 aromatic carbocycles. The number of fused-ring (bicyclic) bond motifs is 2. The second-order valence-corrected chi connectivity index (χ2v) is 7.29. The van der Waals surface area contributed by atoms with Crippen LogP contribution in [0.5, 0.6) is 5.75 Å². The van der Waals surface area contributed by atoms with Gasteiger partial charge in [0.15, 0.2) is 11.5 Å². The number of rotatable bonds is 6. The average Bonchev–Trinajstić information content (AvgIpc) is 3.40. The minimum Gasteiger partial charge on any atom is -0.490 e. The largest absolute Gasteiger partial charge is 0.490 e. The fourth-order valence-corrected chi connectivity index (χ4v) is 4.04. The van der Waals surface area contributed by atoms with E-state index in [4.69, 9.17) is 9.47 Å². The van der Waals surface area contributed by atoms with Crippen molar-refractivity contribution in [3.8, 4) is 5.75 Å². The lowest BCUT2D eigenvalue weighted by Gasteiger charge is -2.33. The maximum Gasteiger partial charge on any atom is 0.182 e. The summed E-state index contributed by atoms with van der Waals surface area (Å²) >= 11 is 0. The van der Waals surface area contributed by atoms with E-state index < -0.39 is 0 Å². The number of methoxy groups -OCH3 is 1. The Morgan fingerprint density at radius 3 is 2.90 bits per heavy atom. The minimum absolute atomic E-state index is 0.193. The number of aromatic amines is 1. The fraction of sp³-hybridized carbons (Fsp3) is 0.381. The molecule has 29 heavy (non-hydrogen) atoms. The third-order valence-electron chi connectivity index (χ3n) is 5.55. The SMILES string of the molecule is COCCn1ccc2c(OC3CCN(c4ncnc5nc[nH]c45)CC3)cccc21. The quantitative estimate of drug-likeness (QED) is 0.543. The van der Waals surface area contributed by atoms with E-state index in [0.29, 0.717) is 12.3 Å². The highest BCUT2D eigenvalue weighted by atomic mass is 16.5. The van der Waals surface area contributed by atoms with Gasteiger partial charge in [0.05, 0.1) is 18.5 Å². The molecule has 0 radical (unpaired) electrons. The lowest BCUT2D eigenvalue weighted by Crippen LogP contribution is -2.38. The van der Waals surface area contributed by atoms with Crippen LogP contribution in [0.4, 0.5) is 5.82 Å². The molecule has 0 aliphatic carbocycles. The van der Waals surface area contributed by atoms with Crippen LogP contribution < -0.4 is 9.64 Å². The van der Waals surface area contributed by atoms with Crippen molar-refractivity contribution in [2.75, 3.05) is 31.7 Å². The van der Waals surface area contributed by atoms with Gasteiger partial charge in [0.2, 0.25) is 0 Å². The monoisotopic (exact) mass is 392 g/mol. The van der Waals surface area contributed by atoms with Crippen LogP contribution >= 0.6 is 0 Å². The smallest absolute Gasteiger partial charge is 0.182 e. The van der Waals surface area contributed by atoms with Crippen molar-refractivity contribution in [3.05, 3.63) is 43.1 Å². The molecular formula is C21H24N6O2. The summed E-state index contributed by atoms with van der Waals surface area (Å²) in [4.78, 5) is 18.3. The number of hydrogen-bond acceptors (Lipinski definition) is 6. The number of H-pyrrole nitrogens is 1. The molecule has 0 saturated carbocycles. The van der Waals surface area contributed by atoms with E-state index in [1.165, 1.54) is 5.52 Å². The van der Waals surface area contributed by atoms with Gasteiger partial charge in [0, 0.05) is 51.2 Å². The molecule has 4 heterocycles. The van der Waals surface area contributed by atoms with Crippen LogP contribution in [0, 0.1) is 0 Å². The molecular weight excluding hydrogens is 368 g/mol. The summed E-state index contributed by atoms with van der Waals surface area (Å²) in [6, 6.07) is 8.39. The zero-order valence-corrected chi connectivity index (χ0v) is 16.4. The van der Waals surface area contributed by atoms with E-state index in [1.54, 1.807) is 19.8 Å². The molecule has 1 fully saturated rings. The Morgan fingerprint density at radius 2 is 2.03 bits per heavy atom. The van der Waals surface area contributed by atoms with Crippen LogP contribution in [0.3, 0.4) is 0 Å². The first kappa shape index (κ1) is 17.9. The predicted molar refractivity (Wildman–Crippen MR) is 111 cm³/mol. The number of aromatic nitrogens is 5. The van der Waals surface area contributed by atoms with E-state index in [9.17, 15) is 0 Å². The molecule has 4 aromatic rings. The summed E-state index contributed by atoms with van der Waals surface area (Å²) in [6.45, 7) is 3.31. The van der Waals surface area contributed by atoms with Crippen molar-refractivity contribution < 1.29 is 9.47 Å². The third-order valence-corrected chi connectivity index (χ3v) is 5.55. The van der Waals surface area contributed by atoms with Gasteiger partial charge in [-0.25, -0.2) is 15.0 Å². The number of imidazole rings is 1. The van der Waals surface area contributed by atoms with Gasteiger partial charge in [-0.1, -0.05) is 6.07 Å². The first-order valence-corrected chi connectivity index (χ1v) is 9.96. The second-order valence-electron chi connectivity index (χ2n) is 7.29. The topological polar surface area (TPSA) is 81.1 Å². The van der Waals surface area contributed by atoms with Gasteiger partial charge in [-0.3, -0.25) is 0 Å². The van der Waals surface area contributed by atoms with Crippen molar-refractivity contribution in [1.82, 2.24) is 24.5 Å². The average molecular weight is 392 g/mol. The molecule has 1 aliphatic rings. The first-order valence-electron chi connectivity index (χ1n) is 9.96. The number of nitrogens with zero attached hydrogens (tertiary/aromatic N) is 5. The Morgan fingerprint density at radius 1 is 1.14 bits per heavy atom. The summed E-state index contributed by atoms with van der Waals surface area (Å²) in [5, 5.41) is 1.15. The van der Waals surface area contributed by atoms with Crippen molar-refractivity contribution in [3.63, 3.8) is 0 Å². The van der Waals surface area contributed by atoms with E-state index in [-0.39, 0.29) is 6.10 Å². The predicted octanol–water partition coefficient (Wildman–Crippen LogP) is 3.00. The minimum atomic E-state index is 0.193. The van der Waals surface area contributed by atoms with Crippen LogP contribution in [0.25, 0.3) is 22.1 Å². The van der Waals surface area contributed by atoms with Crippen molar-refractivity contribution >= 4 is 27.9 Å². The Labute approximate surface area is 168 Å². The molecule has 1 aliphatic heterocycles. The molecule has 3 aromatic heterocycles. The van der Waals surface area contributed by atoms with Gasteiger partial charge < -0.3 is 23.9 Å². The molecule has 0 atom stereocenters. The normalized spacial score (nSPS) is 15.4. The standard InChI is InChI=1S/C21H24N6O2/c1-28-12-11-26-10-7-16-17(26)3-2-4-18(16)29-15-5-8-27(9-6-15)21-19-20(23-13-22-19)24-14-25-21/h2-4,7,10,13-15H,5-6,8-9,11-12H2,1H3,(H,22,23,24,25). The summed E-state index contributed by atoms with van der Waals surface area (Å²) in [5.41, 5.74) is 2.78. The summed E-state index contributed by atoms with van der Waals surface area (Å²) in [5.74, 6) is 1.87. The van der Waals surface area contributed by atoms with E-state index in [0.717, 1.165) is 54.9 Å². The highest BCUT2D eigenvalue weighted by Crippen LogP contribution is 2.30. The van der Waals surface area contributed by atoms with Crippen LogP contribution in [-0.2, 0) is 11.3 Å². The lowest BCUT2D eigenvalue weighted by molar-refractivity contribution is 0.173. The van der Waals surface area contributed by atoms with Gasteiger partial charge in [-0.15, -0.1) is 0 Å². The van der Waals surface area contributed by atoms with Crippen LogP contribution in [0.2, 0.25) is 0 Å². The summed E-state index contributed by atoms with van der Waals surface area (Å²) in [6.07, 6.45) is 7.43. The Kier molecular flexibility index (Phi) is 4.77. The molecule has 1 saturated heterocycles. The van der Waals surface area contributed by atoms with Crippen LogP contribution in [-0.4, -0.2) is 57.4 Å². The Bertz CT molecular complexity index is 1110. The fourth-order valence-electron chi connectivity index (χ4n) is 4.04. The van der Waals surface area contributed by atoms with Crippen molar-refractivity contribution in [1.29, 1.82) is 0 Å². The molecule has 150 valence electrons. The third kappa shape index (κ3) is 3.40. The van der Waals surface area contributed by atoms with E-state index >= 15 is 0 Å². The Balaban J connectivity index is 1.28. The number of benzene rings is 1. The van der Waals surface area contributed by atoms with Gasteiger partial charge in [-0.2, -0.15) is 0 Å². The first-order chi connectivity index (χ1) is 14.3. The molecule has 5 rings (SSSR count). The van der Waals surface area contributed by atoms with E-state index in [1.807, 2.05) is 0 Å². The van der Waals surface area contributed by atoms with Crippen molar-refractivity contribution in [2.24, 2.45) is 0 Å². The number of nitrogens with one attached hydrogen (secondary N) is 1. The Hall–Kier alpha value is -3.13. The zero-order valence-electron chi connectivity index (χ0n) is 16.4. The molecule has 8 heteroatoms. The molecule has 8 nitrogen and oxygen atoms in total. The van der Waals surface area contributed by atoms with Gasteiger partial charge in [0.25, 0.3) is 0 Å². The van der Waals surface area contributed by atoms with Crippen LogP contribution in [0.1, 0.15) is 12.8 Å². The number of piperidine rings is 1. The maximum absolute atomic E-state index is 6.42. The highest BCUT2D eigenvalue weighted by Gasteiger charge is 2.24. The molecule has 0 bridgehead atoms. The van der Waals surface area contributed by atoms with E-state index in [2.05, 4.69) is 59.9 Å². The number of hydrogen-bond donors (Lipinski definition) is 1. The maximum atomic E-state index is 6.42. The second kappa shape index (κ2) is 7.71. The lowest BCUT2D eigenvalue weighted by atomic mass is 10.1. The number of ether oxygens (including phenoxy) is 2. The van der Waals surface area contributed by atoms with Crippen molar-refractivity contribution in [2.45, 2.75) is 25.5 Å². The summed E-state index contributed by atoms with van der Waals surface area (Å²) < 4.78 is 13.8. The number of anilines is 1. The zero-order chi connectivity index (χ0) is 19.6. The highest BCUT2D eigenvalue weighted by molar-refractivity contribution is 5.86. The summed E-state index contributed by atoms with van der Waals surface area (Å²) in [7, 11) is 1.73. The molecule has 1 N–H and O–H groups in total. The molecule has 0 amide bonds. The van der Waals surface area contributed by atoms with Gasteiger partial charge >= 0.3 is 0 Å². The van der Waals surface area contributed by atoms with Gasteiger partial charge in [0.1, 0.15) is 23.7 Å².